The molecule has 4 aromatic rings. The highest BCUT2D eigenvalue weighted by atomic mass is 35.5. The van der Waals surface area contributed by atoms with Gasteiger partial charge in [-0.1, -0.05) is 48.9 Å². The van der Waals surface area contributed by atoms with Crippen molar-refractivity contribution >= 4 is 34.1 Å². The number of ether oxygens (including phenoxy) is 2. The average molecular weight is 508 g/mol. The molecular weight excluding hydrogens is 482 g/mol. The number of carbonyl (C=O) groups excluding carboxylic acids is 2. The quantitative estimate of drug-likeness (QED) is 0.243. The number of halogens is 1. The fourth-order valence-corrected chi connectivity index (χ4v) is 4.42. The predicted molar refractivity (Wildman–Crippen MR) is 138 cm³/mol. The van der Waals surface area contributed by atoms with Crippen LogP contribution in [0.1, 0.15) is 40.0 Å². The molecule has 2 aromatic heterocycles. The van der Waals surface area contributed by atoms with Crippen molar-refractivity contribution in [3.8, 4) is 11.1 Å². The van der Waals surface area contributed by atoms with Gasteiger partial charge in [0.2, 0.25) is 0 Å². The van der Waals surface area contributed by atoms with Crippen molar-refractivity contribution in [1.82, 2.24) is 14.3 Å². The zero-order valence-electron chi connectivity index (χ0n) is 20.3. The van der Waals surface area contributed by atoms with Crippen LogP contribution in [-0.2, 0) is 22.6 Å². The molecule has 0 amide bonds. The van der Waals surface area contributed by atoms with E-state index in [-0.39, 0.29) is 35.7 Å². The van der Waals surface area contributed by atoms with Crippen LogP contribution < -0.4 is 5.56 Å². The molecule has 0 unspecified atom stereocenters. The number of ketones is 1. The van der Waals surface area contributed by atoms with Gasteiger partial charge in [0.05, 0.1) is 38.2 Å². The van der Waals surface area contributed by atoms with Crippen LogP contribution in [0, 0.1) is 0 Å². The summed E-state index contributed by atoms with van der Waals surface area (Å²) in [5, 5.41) is 6.02. The van der Waals surface area contributed by atoms with Gasteiger partial charge >= 0.3 is 5.97 Å². The maximum Gasteiger partial charge on any atom is 0.356 e. The number of methoxy groups -OCH3 is 2. The van der Waals surface area contributed by atoms with Crippen LogP contribution in [0.3, 0.4) is 0 Å². The van der Waals surface area contributed by atoms with Crippen LogP contribution in [-0.4, -0.2) is 46.9 Å². The molecule has 9 heteroatoms. The lowest BCUT2D eigenvalue weighted by Crippen LogP contribution is -2.28. The van der Waals surface area contributed by atoms with E-state index in [1.807, 2.05) is 30.3 Å². The lowest BCUT2D eigenvalue weighted by molar-refractivity contribution is 0.0583. The molecule has 0 spiro atoms. The van der Waals surface area contributed by atoms with Crippen molar-refractivity contribution in [2.24, 2.45) is 0 Å². The Morgan fingerprint density at radius 2 is 1.78 bits per heavy atom. The molecule has 0 N–H and O–H groups in total. The lowest BCUT2D eigenvalue weighted by atomic mass is 9.94. The van der Waals surface area contributed by atoms with E-state index in [0.29, 0.717) is 40.2 Å². The summed E-state index contributed by atoms with van der Waals surface area (Å²) in [7, 11) is 2.84. The SMILES string of the molecule is CCC(=O)c1c(-c2ccccc2)c2cc(Cl)ccc2c(=O)n1Cc1cc(C(=O)OC)n(CCOC)n1. The third-order valence-electron chi connectivity index (χ3n) is 5.93. The number of aromatic nitrogens is 3. The number of carbonyl (C=O) groups is 2. The Balaban J connectivity index is 2.00. The number of fused-ring (bicyclic) bond motifs is 1. The fourth-order valence-electron chi connectivity index (χ4n) is 4.25. The van der Waals surface area contributed by atoms with Crippen LogP contribution in [0.5, 0.6) is 0 Å². The average Bonchev–Trinajstić information content (AvgIpc) is 3.30. The number of nitrogens with zero attached hydrogens (tertiary/aromatic N) is 3. The van der Waals surface area contributed by atoms with Gasteiger partial charge < -0.3 is 9.47 Å². The maximum absolute atomic E-state index is 13.7. The first-order valence-corrected chi connectivity index (χ1v) is 11.9. The first-order valence-electron chi connectivity index (χ1n) is 11.5. The second-order valence-corrected chi connectivity index (χ2v) is 8.61. The van der Waals surface area contributed by atoms with Gasteiger partial charge in [-0.05, 0) is 35.2 Å². The molecular formula is C27H26ClN3O5. The summed E-state index contributed by atoms with van der Waals surface area (Å²) in [5.74, 6) is -0.750. The number of Topliss-reactive ketones (excluding diaryl/α,β-unsaturated/α-hetero) is 1. The van der Waals surface area contributed by atoms with Crippen LogP contribution in [0.15, 0.2) is 59.4 Å². The third-order valence-corrected chi connectivity index (χ3v) is 6.17. The molecule has 0 radical (unpaired) electrons. The molecule has 0 saturated heterocycles. The Morgan fingerprint density at radius 3 is 2.44 bits per heavy atom. The Bertz CT molecular complexity index is 1490. The number of hydrogen-bond acceptors (Lipinski definition) is 6. The fraction of sp³-hybridized carbons (Fsp3) is 0.259. The largest absolute Gasteiger partial charge is 0.464 e. The summed E-state index contributed by atoms with van der Waals surface area (Å²) in [6.45, 7) is 2.40. The maximum atomic E-state index is 13.7. The van der Waals surface area contributed by atoms with E-state index in [1.54, 1.807) is 38.3 Å². The van der Waals surface area contributed by atoms with E-state index >= 15 is 0 Å². The Kier molecular flexibility index (Phi) is 7.67. The summed E-state index contributed by atoms with van der Waals surface area (Å²) >= 11 is 6.31. The number of rotatable bonds is 9. The molecule has 0 fully saturated rings. The number of esters is 1. The van der Waals surface area contributed by atoms with Crippen molar-refractivity contribution < 1.29 is 19.1 Å². The van der Waals surface area contributed by atoms with Gasteiger partial charge in [0.1, 0.15) is 5.69 Å². The predicted octanol–water partition coefficient (Wildman–Crippen LogP) is 4.59. The number of pyridine rings is 1. The van der Waals surface area contributed by atoms with Crippen LogP contribution in [0.4, 0.5) is 0 Å². The number of benzene rings is 2. The van der Waals surface area contributed by atoms with Gasteiger partial charge in [-0.2, -0.15) is 5.10 Å². The highest BCUT2D eigenvalue weighted by Crippen LogP contribution is 2.33. The van der Waals surface area contributed by atoms with E-state index in [9.17, 15) is 14.4 Å². The zero-order valence-corrected chi connectivity index (χ0v) is 21.0. The molecule has 0 bridgehead atoms. The minimum absolute atomic E-state index is 0.0116. The van der Waals surface area contributed by atoms with Crippen molar-refractivity contribution in [3.05, 3.63) is 87.1 Å². The van der Waals surface area contributed by atoms with E-state index in [0.717, 1.165) is 5.56 Å². The monoisotopic (exact) mass is 507 g/mol. The molecule has 36 heavy (non-hydrogen) atoms. The van der Waals surface area contributed by atoms with Gasteiger partial charge in [-0.3, -0.25) is 18.8 Å². The molecule has 2 aromatic carbocycles. The summed E-state index contributed by atoms with van der Waals surface area (Å²) in [4.78, 5) is 39.4. The second-order valence-electron chi connectivity index (χ2n) is 8.18. The molecule has 186 valence electrons. The van der Waals surface area contributed by atoms with Gasteiger partial charge in [-0.25, -0.2) is 4.79 Å². The van der Waals surface area contributed by atoms with Crippen molar-refractivity contribution in [1.29, 1.82) is 0 Å². The summed E-state index contributed by atoms with van der Waals surface area (Å²) < 4.78 is 12.9. The van der Waals surface area contributed by atoms with E-state index < -0.39 is 5.97 Å². The smallest absolute Gasteiger partial charge is 0.356 e. The van der Waals surface area contributed by atoms with Gasteiger partial charge in [-0.15, -0.1) is 0 Å². The van der Waals surface area contributed by atoms with Crippen molar-refractivity contribution in [2.75, 3.05) is 20.8 Å². The Labute approximate surface area is 213 Å². The van der Waals surface area contributed by atoms with E-state index in [1.165, 1.54) is 16.4 Å². The van der Waals surface area contributed by atoms with E-state index in [2.05, 4.69) is 5.10 Å². The van der Waals surface area contributed by atoms with Crippen molar-refractivity contribution in [3.63, 3.8) is 0 Å². The van der Waals surface area contributed by atoms with Gasteiger partial charge in [0.15, 0.2) is 5.78 Å². The first kappa shape index (κ1) is 25.3. The third kappa shape index (κ3) is 4.82. The molecule has 2 heterocycles. The van der Waals surface area contributed by atoms with Crippen LogP contribution >= 0.6 is 11.6 Å². The molecule has 0 saturated carbocycles. The molecule has 0 aliphatic heterocycles. The zero-order chi connectivity index (χ0) is 25.8. The topological polar surface area (TPSA) is 92.4 Å². The molecule has 0 aliphatic rings. The first-order chi connectivity index (χ1) is 17.4. The molecule has 4 rings (SSSR count). The highest BCUT2D eigenvalue weighted by Gasteiger charge is 2.24. The molecule has 0 aliphatic carbocycles. The molecule has 0 atom stereocenters. The normalized spacial score (nSPS) is 11.1. The van der Waals surface area contributed by atoms with Crippen molar-refractivity contribution in [2.45, 2.75) is 26.4 Å². The lowest BCUT2D eigenvalue weighted by Gasteiger charge is -2.19. The highest BCUT2D eigenvalue weighted by molar-refractivity contribution is 6.31. The number of hydrogen-bond donors (Lipinski definition) is 0. The minimum Gasteiger partial charge on any atom is -0.464 e. The van der Waals surface area contributed by atoms with Gasteiger partial charge in [0.25, 0.3) is 5.56 Å². The summed E-state index contributed by atoms with van der Waals surface area (Å²) in [5.41, 5.74) is 2.02. The van der Waals surface area contributed by atoms with Crippen LogP contribution in [0.2, 0.25) is 5.02 Å². The summed E-state index contributed by atoms with van der Waals surface area (Å²) in [6.07, 6.45) is 0.195. The Morgan fingerprint density at radius 1 is 1.03 bits per heavy atom. The van der Waals surface area contributed by atoms with E-state index in [4.69, 9.17) is 21.1 Å². The second kappa shape index (κ2) is 10.9. The minimum atomic E-state index is -0.555. The van der Waals surface area contributed by atoms with Gasteiger partial charge in [0, 0.05) is 29.5 Å². The molecule has 8 nitrogen and oxygen atoms in total. The Hall–Kier alpha value is -3.75. The standard InChI is InChI=1S/C27H26ClN3O5/c1-4-23(32)25-24(17-8-6-5-7-9-17)21-14-18(28)10-11-20(21)26(33)30(25)16-19-15-22(27(34)36-3)31(29-19)12-13-35-2/h5-11,14-15H,4,12-13,16H2,1-3H3. The van der Waals surface area contributed by atoms with Crippen LogP contribution in [0.25, 0.3) is 21.9 Å². The summed E-state index contributed by atoms with van der Waals surface area (Å²) in [6, 6.07) is 16.0.